The lowest BCUT2D eigenvalue weighted by molar-refractivity contribution is -0.384. The molecular weight excluding hydrogens is 346 g/mol. The number of rotatable bonds is 6. The molecule has 2 heterocycles. The van der Waals surface area contributed by atoms with Crippen molar-refractivity contribution in [2.24, 2.45) is 0 Å². The van der Waals surface area contributed by atoms with E-state index in [-0.39, 0.29) is 34.0 Å². The van der Waals surface area contributed by atoms with E-state index in [1.807, 2.05) is 0 Å². The molecule has 1 amide bonds. The first-order valence-corrected chi connectivity index (χ1v) is 8.02. The van der Waals surface area contributed by atoms with Crippen LogP contribution in [0.2, 0.25) is 0 Å². The highest BCUT2D eigenvalue weighted by atomic mass is 32.2. The lowest BCUT2D eigenvalue weighted by atomic mass is 10.2. The molecular formula is C15H11N5O4S. The second-order valence-electron chi connectivity index (χ2n) is 4.72. The van der Waals surface area contributed by atoms with Crippen LogP contribution in [0.25, 0.3) is 11.5 Å². The maximum absolute atomic E-state index is 11.9. The lowest BCUT2D eigenvalue weighted by Gasteiger charge is -2.02. The van der Waals surface area contributed by atoms with Gasteiger partial charge in [-0.1, -0.05) is 23.9 Å². The first-order chi connectivity index (χ1) is 12.1. The summed E-state index contributed by atoms with van der Waals surface area (Å²) in [5, 5.41) is 21.5. The Hall–Kier alpha value is -3.27. The number of carbonyl (C=O) groups is 1. The monoisotopic (exact) mass is 357 g/mol. The van der Waals surface area contributed by atoms with Crippen molar-refractivity contribution in [3.8, 4) is 11.5 Å². The van der Waals surface area contributed by atoms with Gasteiger partial charge in [0.2, 0.25) is 5.91 Å². The zero-order valence-corrected chi connectivity index (χ0v) is 13.5. The molecule has 2 aromatic heterocycles. The number of thioether (sulfide) groups is 1. The zero-order chi connectivity index (χ0) is 17.6. The second kappa shape index (κ2) is 7.53. The van der Waals surface area contributed by atoms with Crippen molar-refractivity contribution in [2.45, 2.75) is 5.22 Å². The minimum Gasteiger partial charge on any atom is -0.411 e. The molecule has 0 fully saturated rings. The van der Waals surface area contributed by atoms with Crippen LogP contribution in [0.5, 0.6) is 0 Å². The minimum absolute atomic E-state index is 0.0318. The number of para-hydroxylation sites is 1. The summed E-state index contributed by atoms with van der Waals surface area (Å²) in [6.45, 7) is 0. The Kier molecular flexibility index (Phi) is 5.00. The van der Waals surface area contributed by atoms with Gasteiger partial charge in [-0.05, 0) is 18.2 Å². The number of carbonyl (C=O) groups excluding carboxylic acids is 1. The van der Waals surface area contributed by atoms with Crippen molar-refractivity contribution in [1.82, 2.24) is 15.2 Å². The van der Waals surface area contributed by atoms with Crippen LogP contribution in [0.1, 0.15) is 0 Å². The average molecular weight is 357 g/mol. The Morgan fingerprint density at radius 3 is 2.72 bits per heavy atom. The Morgan fingerprint density at radius 1 is 1.20 bits per heavy atom. The van der Waals surface area contributed by atoms with Crippen LogP contribution in [-0.2, 0) is 4.79 Å². The molecule has 3 rings (SSSR count). The summed E-state index contributed by atoms with van der Waals surface area (Å²) in [6.07, 6.45) is 3.14. The summed E-state index contributed by atoms with van der Waals surface area (Å²) in [6, 6.07) is 9.41. The van der Waals surface area contributed by atoms with Gasteiger partial charge in [-0.15, -0.1) is 10.2 Å². The number of nitrogens with one attached hydrogen (secondary N) is 1. The topological polar surface area (TPSA) is 124 Å². The molecule has 9 nitrogen and oxygen atoms in total. The van der Waals surface area contributed by atoms with Crippen LogP contribution in [-0.4, -0.2) is 31.8 Å². The molecule has 0 saturated heterocycles. The van der Waals surface area contributed by atoms with Crippen molar-refractivity contribution in [2.75, 3.05) is 11.1 Å². The SMILES string of the molecule is O=C(CSc1nnc(-c2ccccc2[N+](=O)[O-])o1)Nc1ccncc1. The van der Waals surface area contributed by atoms with Gasteiger partial charge in [-0.25, -0.2) is 0 Å². The summed E-state index contributed by atoms with van der Waals surface area (Å²) >= 11 is 1.04. The van der Waals surface area contributed by atoms with E-state index in [2.05, 4.69) is 20.5 Å². The molecule has 0 bridgehead atoms. The molecule has 0 radical (unpaired) electrons. The molecule has 0 aliphatic carbocycles. The molecule has 126 valence electrons. The number of hydrogen-bond donors (Lipinski definition) is 1. The van der Waals surface area contributed by atoms with Crippen LogP contribution in [0.3, 0.4) is 0 Å². The minimum atomic E-state index is -0.519. The smallest absolute Gasteiger partial charge is 0.282 e. The molecule has 0 unspecified atom stereocenters. The van der Waals surface area contributed by atoms with Crippen molar-refractivity contribution >= 4 is 29.0 Å². The fourth-order valence-electron chi connectivity index (χ4n) is 1.95. The summed E-state index contributed by atoms with van der Waals surface area (Å²) in [4.78, 5) is 26.3. The Morgan fingerprint density at radius 2 is 1.96 bits per heavy atom. The second-order valence-corrected chi connectivity index (χ2v) is 5.65. The fourth-order valence-corrected chi connectivity index (χ4v) is 2.51. The van der Waals surface area contributed by atoms with Gasteiger partial charge in [-0.3, -0.25) is 19.9 Å². The first-order valence-electron chi connectivity index (χ1n) is 7.03. The number of anilines is 1. The van der Waals surface area contributed by atoms with E-state index < -0.39 is 4.92 Å². The lowest BCUT2D eigenvalue weighted by Crippen LogP contribution is -2.13. The molecule has 25 heavy (non-hydrogen) atoms. The number of hydrogen-bond acceptors (Lipinski definition) is 8. The first kappa shape index (κ1) is 16.6. The quantitative estimate of drug-likeness (QED) is 0.406. The third-order valence-electron chi connectivity index (χ3n) is 3.03. The third-order valence-corrected chi connectivity index (χ3v) is 3.85. The molecule has 0 aliphatic rings. The molecule has 0 atom stereocenters. The zero-order valence-electron chi connectivity index (χ0n) is 12.7. The Balaban J connectivity index is 1.64. The van der Waals surface area contributed by atoms with Gasteiger partial charge >= 0.3 is 0 Å². The number of nitrogens with zero attached hydrogens (tertiary/aromatic N) is 4. The molecule has 3 aromatic rings. The number of amides is 1. The van der Waals surface area contributed by atoms with Gasteiger partial charge in [-0.2, -0.15) is 0 Å². The summed E-state index contributed by atoms with van der Waals surface area (Å²) in [5.41, 5.74) is 0.734. The van der Waals surface area contributed by atoms with Crippen LogP contribution in [0, 0.1) is 10.1 Å². The van der Waals surface area contributed by atoms with Crippen LogP contribution in [0.4, 0.5) is 11.4 Å². The molecule has 0 aliphatic heterocycles. The van der Waals surface area contributed by atoms with E-state index in [0.717, 1.165) is 11.8 Å². The van der Waals surface area contributed by atoms with E-state index >= 15 is 0 Å². The third kappa shape index (κ3) is 4.18. The molecule has 1 N–H and O–H groups in total. The van der Waals surface area contributed by atoms with Gasteiger partial charge in [0.1, 0.15) is 5.56 Å². The van der Waals surface area contributed by atoms with E-state index in [1.54, 1.807) is 36.7 Å². The van der Waals surface area contributed by atoms with Crippen molar-refractivity contribution < 1.29 is 14.1 Å². The predicted octanol–water partition coefficient (Wildman–Crippen LogP) is 2.77. The molecule has 0 saturated carbocycles. The van der Waals surface area contributed by atoms with Gasteiger partial charge in [0.25, 0.3) is 16.8 Å². The maximum atomic E-state index is 11.9. The predicted molar refractivity (Wildman–Crippen MR) is 90.0 cm³/mol. The van der Waals surface area contributed by atoms with Gasteiger partial charge in [0, 0.05) is 24.1 Å². The van der Waals surface area contributed by atoms with E-state index in [0.29, 0.717) is 5.69 Å². The highest BCUT2D eigenvalue weighted by Gasteiger charge is 2.20. The van der Waals surface area contributed by atoms with E-state index in [1.165, 1.54) is 12.1 Å². The largest absolute Gasteiger partial charge is 0.411 e. The Labute approximate surface area is 145 Å². The van der Waals surface area contributed by atoms with Gasteiger partial charge in [0.05, 0.1) is 10.7 Å². The average Bonchev–Trinajstić information content (AvgIpc) is 3.10. The standard InChI is InChI=1S/C15H11N5O4S/c21-13(17-10-5-7-16-8-6-10)9-25-15-19-18-14(24-15)11-3-1-2-4-12(11)20(22)23/h1-8H,9H2,(H,16,17,21). The van der Waals surface area contributed by atoms with Crippen LogP contribution in [0.15, 0.2) is 58.4 Å². The van der Waals surface area contributed by atoms with Crippen molar-refractivity contribution in [3.05, 3.63) is 58.9 Å². The van der Waals surface area contributed by atoms with Crippen LogP contribution >= 0.6 is 11.8 Å². The van der Waals surface area contributed by atoms with Crippen LogP contribution < -0.4 is 5.32 Å². The Bertz CT molecular complexity index is 900. The maximum Gasteiger partial charge on any atom is 0.282 e. The van der Waals surface area contributed by atoms with E-state index in [4.69, 9.17) is 4.42 Å². The molecule has 10 heteroatoms. The summed E-state index contributed by atoms with van der Waals surface area (Å²) in [7, 11) is 0. The highest BCUT2D eigenvalue weighted by Crippen LogP contribution is 2.30. The van der Waals surface area contributed by atoms with Crippen molar-refractivity contribution in [1.29, 1.82) is 0 Å². The number of pyridine rings is 1. The van der Waals surface area contributed by atoms with Crippen molar-refractivity contribution in [3.63, 3.8) is 0 Å². The summed E-state index contributed by atoms with van der Waals surface area (Å²) < 4.78 is 5.41. The van der Waals surface area contributed by atoms with Gasteiger partial charge < -0.3 is 9.73 Å². The number of aromatic nitrogens is 3. The highest BCUT2D eigenvalue weighted by molar-refractivity contribution is 7.99. The summed E-state index contributed by atoms with van der Waals surface area (Å²) in [5.74, 6) is -0.160. The molecule has 1 aromatic carbocycles. The normalized spacial score (nSPS) is 10.4. The fraction of sp³-hybridized carbons (Fsp3) is 0.0667. The van der Waals surface area contributed by atoms with E-state index in [9.17, 15) is 14.9 Å². The number of nitro groups is 1. The number of benzene rings is 1. The van der Waals surface area contributed by atoms with Gasteiger partial charge in [0.15, 0.2) is 0 Å². The molecule has 0 spiro atoms. The number of nitro benzene ring substituents is 1.